The van der Waals surface area contributed by atoms with Gasteiger partial charge in [0.15, 0.2) is 0 Å². The second-order valence-electron chi connectivity index (χ2n) is 5.63. The van der Waals surface area contributed by atoms with Crippen LogP contribution in [0.4, 0.5) is 0 Å². The molecule has 1 aliphatic carbocycles. The van der Waals surface area contributed by atoms with Crippen molar-refractivity contribution in [3.05, 3.63) is 35.9 Å². The van der Waals surface area contributed by atoms with Gasteiger partial charge in [0.05, 0.1) is 0 Å². The standard InChI is InChI=1S/C15H22N2/c1-2-4-13(5-3-1)11-17-12-14-10-15(14)6-8-16-9-7-15/h1-5,14,16-17H,6-12H2. The Morgan fingerprint density at radius 1 is 1.18 bits per heavy atom. The molecule has 1 spiro atoms. The quantitative estimate of drug-likeness (QED) is 0.828. The van der Waals surface area contributed by atoms with Crippen LogP contribution in [0.2, 0.25) is 0 Å². The van der Waals surface area contributed by atoms with E-state index in [-0.39, 0.29) is 0 Å². The van der Waals surface area contributed by atoms with Crippen molar-refractivity contribution in [3.63, 3.8) is 0 Å². The first kappa shape index (κ1) is 11.2. The SMILES string of the molecule is c1ccc(CNCC2CC23CCNCC3)cc1. The molecule has 3 rings (SSSR count). The summed E-state index contributed by atoms with van der Waals surface area (Å²) in [5.74, 6) is 0.938. The van der Waals surface area contributed by atoms with E-state index in [0.29, 0.717) is 0 Å². The van der Waals surface area contributed by atoms with E-state index in [0.717, 1.165) is 17.9 Å². The van der Waals surface area contributed by atoms with Crippen LogP contribution in [-0.4, -0.2) is 19.6 Å². The fraction of sp³-hybridized carbons (Fsp3) is 0.600. The van der Waals surface area contributed by atoms with Crippen LogP contribution in [0.25, 0.3) is 0 Å². The topological polar surface area (TPSA) is 24.1 Å². The van der Waals surface area contributed by atoms with Crippen molar-refractivity contribution in [1.29, 1.82) is 0 Å². The molecule has 1 unspecified atom stereocenters. The van der Waals surface area contributed by atoms with Gasteiger partial charge >= 0.3 is 0 Å². The Bertz CT molecular complexity index is 354. The molecule has 1 atom stereocenters. The van der Waals surface area contributed by atoms with Crippen LogP contribution in [-0.2, 0) is 6.54 Å². The maximum atomic E-state index is 3.61. The molecule has 2 N–H and O–H groups in total. The van der Waals surface area contributed by atoms with Crippen LogP contribution in [0.3, 0.4) is 0 Å². The van der Waals surface area contributed by atoms with E-state index in [9.17, 15) is 0 Å². The summed E-state index contributed by atoms with van der Waals surface area (Å²) in [6, 6.07) is 10.7. The molecular formula is C15H22N2. The highest BCUT2D eigenvalue weighted by Crippen LogP contribution is 2.58. The van der Waals surface area contributed by atoms with Crippen molar-refractivity contribution in [2.75, 3.05) is 19.6 Å². The number of hydrogen-bond acceptors (Lipinski definition) is 2. The average Bonchev–Trinajstić information content (AvgIpc) is 3.04. The van der Waals surface area contributed by atoms with Crippen LogP contribution < -0.4 is 10.6 Å². The lowest BCUT2D eigenvalue weighted by Gasteiger charge is -2.23. The Hall–Kier alpha value is -0.860. The van der Waals surface area contributed by atoms with E-state index in [1.807, 2.05) is 0 Å². The third-order valence-electron chi connectivity index (χ3n) is 4.52. The first-order valence-electron chi connectivity index (χ1n) is 6.84. The highest BCUT2D eigenvalue weighted by molar-refractivity contribution is 5.14. The van der Waals surface area contributed by atoms with E-state index in [1.54, 1.807) is 0 Å². The van der Waals surface area contributed by atoms with Gasteiger partial charge in [-0.25, -0.2) is 0 Å². The summed E-state index contributed by atoms with van der Waals surface area (Å²) in [6.45, 7) is 4.69. The van der Waals surface area contributed by atoms with E-state index >= 15 is 0 Å². The Kier molecular flexibility index (Phi) is 3.17. The second-order valence-corrected chi connectivity index (χ2v) is 5.63. The minimum atomic E-state index is 0.717. The molecule has 92 valence electrons. The molecule has 1 saturated carbocycles. The van der Waals surface area contributed by atoms with Crippen molar-refractivity contribution in [2.45, 2.75) is 25.8 Å². The van der Waals surface area contributed by atoms with Crippen molar-refractivity contribution in [2.24, 2.45) is 11.3 Å². The van der Waals surface area contributed by atoms with Crippen LogP contribution in [0.1, 0.15) is 24.8 Å². The number of nitrogens with one attached hydrogen (secondary N) is 2. The van der Waals surface area contributed by atoms with Gasteiger partial charge in [0.25, 0.3) is 0 Å². The first-order chi connectivity index (χ1) is 8.39. The lowest BCUT2D eigenvalue weighted by molar-refractivity contribution is 0.319. The number of piperidine rings is 1. The fourth-order valence-electron chi connectivity index (χ4n) is 3.24. The van der Waals surface area contributed by atoms with Crippen molar-refractivity contribution >= 4 is 0 Å². The molecule has 2 nitrogen and oxygen atoms in total. The van der Waals surface area contributed by atoms with E-state index in [4.69, 9.17) is 0 Å². The first-order valence-corrected chi connectivity index (χ1v) is 6.84. The average molecular weight is 230 g/mol. The maximum Gasteiger partial charge on any atom is 0.0205 e. The van der Waals surface area contributed by atoms with E-state index < -0.39 is 0 Å². The summed E-state index contributed by atoms with van der Waals surface area (Å²) in [4.78, 5) is 0. The van der Waals surface area contributed by atoms with Crippen molar-refractivity contribution in [1.82, 2.24) is 10.6 Å². The van der Waals surface area contributed by atoms with Gasteiger partial charge in [-0.15, -0.1) is 0 Å². The summed E-state index contributed by atoms with van der Waals surface area (Å²) >= 11 is 0. The number of rotatable bonds is 4. The van der Waals surface area contributed by atoms with Gasteiger partial charge < -0.3 is 10.6 Å². The predicted octanol–water partition coefficient (Wildman–Crippen LogP) is 2.17. The van der Waals surface area contributed by atoms with Crippen molar-refractivity contribution < 1.29 is 0 Å². The van der Waals surface area contributed by atoms with Gasteiger partial charge in [0.1, 0.15) is 0 Å². The lowest BCUT2D eigenvalue weighted by Crippen LogP contribution is -2.31. The van der Waals surface area contributed by atoms with Crippen molar-refractivity contribution in [3.8, 4) is 0 Å². The van der Waals surface area contributed by atoms with Crippen LogP contribution >= 0.6 is 0 Å². The lowest BCUT2D eigenvalue weighted by atomic mass is 9.92. The molecule has 17 heavy (non-hydrogen) atoms. The second kappa shape index (κ2) is 4.79. The summed E-state index contributed by atoms with van der Waals surface area (Å²) in [7, 11) is 0. The van der Waals surface area contributed by atoms with Gasteiger partial charge in [-0.05, 0) is 55.8 Å². The largest absolute Gasteiger partial charge is 0.317 e. The maximum absolute atomic E-state index is 3.61. The summed E-state index contributed by atoms with van der Waals surface area (Å²) < 4.78 is 0. The molecule has 0 amide bonds. The Morgan fingerprint density at radius 3 is 2.71 bits per heavy atom. The molecule has 1 aromatic rings. The minimum Gasteiger partial charge on any atom is -0.317 e. The van der Waals surface area contributed by atoms with E-state index in [1.165, 1.54) is 44.5 Å². The summed E-state index contributed by atoms with van der Waals surface area (Å²) in [6.07, 6.45) is 4.24. The van der Waals surface area contributed by atoms with Gasteiger partial charge in [-0.3, -0.25) is 0 Å². The third kappa shape index (κ3) is 2.53. The summed E-state index contributed by atoms with van der Waals surface area (Å²) in [5.41, 5.74) is 2.11. The molecule has 0 radical (unpaired) electrons. The molecule has 1 heterocycles. The Morgan fingerprint density at radius 2 is 1.94 bits per heavy atom. The molecule has 1 saturated heterocycles. The molecule has 1 aliphatic heterocycles. The van der Waals surface area contributed by atoms with Gasteiger partial charge in [0.2, 0.25) is 0 Å². The fourth-order valence-corrected chi connectivity index (χ4v) is 3.24. The highest BCUT2D eigenvalue weighted by atomic mass is 14.9. The third-order valence-corrected chi connectivity index (χ3v) is 4.52. The van der Waals surface area contributed by atoms with Gasteiger partial charge in [0, 0.05) is 6.54 Å². The highest BCUT2D eigenvalue weighted by Gasteiger charge is 2.52. The van der Waals surface area contributed by atoms with Crippen LogP contribution in [0.15, 0.2) is 30.3 Å². The number of hydrogen-bond donors (Lipinski definition) is 2. The molecule has 0 bridgehead atoms. The smallest absolute Gasteiger partial charge is 0.0205 e. The predicted molar refractivity (Wildman–Crippen MR) is 70.8 cm³/mol. The zero-order valence-corrected chi connectivity index (χ0v) is 10.4. The van der Waals surface area contributed by atoms with Crippen LogP contribution in [0, 0.1) is 11.3 Å². The van der Waals surface area contributed by atoms with E-state index in [2.05, 4.69) is 41.0 Å². The van der Waals surface area contributed by atoms with Gasteiger partial charge in [-0.1, -0.05) is 30.3 Å². The van der Waals surface area contributed by atoms with Gasteiger partial charge in [-0.2, -0.15) is 0 Å². The Labute approximate surface area is 104 Å². The normalized spacial score (nSPS) is 26.0. The summed E-state index contributed by atoms with van der Waals surface area (Å²) in [5, 5.41) is 7.08. The molecule has 1 aromatic carbocycles. The molecule has 2 aliphatic rings. The monoisotopic (exact) mass is 230 g/mol. The molecular weight excluding hydrogens is 208 g/mol. The molecule has 2 fully saturated rings. The zero-order chi connectivity index (χ0) is 11.6. The minimum absolute atomic E-state index is 0.717. The van der Waals surface area contributed by atoms with Crippen LogP contribution in [0.5, 0.6) is 0 Å². The zero-order valence-electron chi connectivity index (χ0n) is 10.4. The Balaban J connectivity index is 1.41. The number of benzene rings is 1. The molecule has 0 aromatic heterocycles. The molecule has 2 heteroatoms.